The average Bonchev–Trinajstić information content (AvgIpc) is 3.24. The number of esters is 1. The van der Waals surface area contributed by atoms with Crippen molar-refractivity contribution in [2.24, 2.45) is 7.05 Å². The number of hydrogen-bond acceptors (Lipinski definition) is 8. The van der Waals surface area contributed by atoms with Gasteiger partial charge in [0, 0.05) is 37.5 Å². The molecule has 168 valence electrons. The topological polar surface area (TPSA) is 94.4 Å². The van der Waals surface area contributed by atoms with Crippen LogP contribution < -0.4 is 10.2 Å². The Morgan fingerprint density at radius 1 is 1.06 bits per heavy atom. The number of aromatic nitrogens is 4. The average molecular weight is 444 g/mol. The molecule has 1 aliphatic rings. The lowest BCUT2D eigenvalue weighted by Gasteiger charge is -2.27. The zero-order chi connectivity index (χ0) is 22.8. The van der Waals surface area contributed by atoms with Crippen LogP contribution in [0.3, 0.4) is 0 Å². The van der Waals surface area contributed by atoms with E-state index in [0.717, 1.165) is 41.1 Å². The van der Waals surface area contributed by atoms with E-state index in [2.05, 4.69) is 15.2 Å². The minimum Gasteiger partial charge on any atom is -0.465 e. The van der Waals surface area contributed by atoms with E-state index in [0.29, 0.717) is 30.5 Å². The highest BCUT2D eigenvalue weighted by molar-refractivity contribution is 5.89. The molecule has 1 N–H and O–H groups in total. The molecule has 33 heavy (non-hydrogen) atoms. The Bertz CT molecular complexity index is 1300. The van der Waals surface area contributed by atoms with Gasteiger partial charge >= 0.3 is 5.97 Å². The number of aryl methyl sites for hydroxylation is 1. The van der Waals surface area contributed by atoms with Crippen LogP contribution in [0.5, 0.6) is 0 Å². The van der Waals surface area contributed by atoms with Crippen LogP contribution in [0.4, 0.5) is 17.5 Å². The lowest BCUT2D eigenvalue weighted by molar-refractivity contribution is 0.0600. The van der Waals surface area contributed by atoms with Crippen molar-refractivity contribution in [3.8, 4) is 11.3 Å². The lowest BCUT2D eigenvalue weighted by atomic mass is 10.1. The zero-order valence-electron chi connectivity index (χ0n) is 18.5. The third-order valence-corrected chi connectivity index (χ3v) is 5.61. The van der Waals surface area contributed by atoms with E-state index in [4.69, 9.17) is 19.4 Å². The maximum Gasteiger partial charge on any atom is 0.337 e. The first-order valence-electron chi connectivity index (χ1n) is 10.7. The van der Waals surface area contributed by atoms with Gasteiger partial charge in [-0.15, -0.1) is 0 Å². The zero-order valence-corrected chi connectivity index (χ0v) is 18.5. The van der Waals surface area contributed by atoms with Crippen molar-refractivity contribution in [2.45, 2.75) is 0 Å². The van der Waals surface area contributed by atoms with Gasteiger partial charge in [0.1, 0.15) is 5.82 Å². The Balaban J connectivity index is 1.51. The fraction of sp³-hybridized carbons (Fsp3) is 0.250. The molecule has 0 amide bonds. The molecule has 1 saturated heterocycles. The first-order chi connectivity index (χ1) is 16.1. The number of carbonyl (C=O) groups excluding carboxylic acids is 1. The van der Waals surface area contributed by atoms with E-state index in [1.807, 2.05) is 48.0 Å². The van der Waals surface area contributed by atoms with Gasteiger partial charge in [0.05, 0.1) is 48.9 Å². The molecule has 2 aromatic carbocycles. The maximum absolute atomic E-state index is 11.7. The summed E-state index contributed by atoms with van der Waals surface area (Å²) in [4.78, 5) is 27.9. The summed E-state index contributed by atoms with van der Waals surface area (Å²) in [7, 11) is 3.34. The summed E-state index contributed by atoms with van der Waals surface area (Å²) in [6.45, 7) is 2.75. The van der Waals surface area contributed by atoms with Gasteiger partial charge in [-0.05, 0) is 36.4 Å². The summed E-state index contributed by atoms with van der Waals surface area (Å²) in [5.41, 5.74) is 5.03. The highest BCUT2D eigenvalue weighted by atomic mass is 16.5. The van der Waals surface area contributed by atoms with Crippen molar-refractivity contribution in [1.29, 1.82) is 0 Å². The van der Waals surface area contributed by atoms with Crippen molar-refractivity contribution in [3.05, 3.63) is 60.4 Å². The van der Waals surface area contributed by atoms with Crippen molar-refractivity contribution in [1.82, 2.24) is 19.5 Å². The molecule has 0 unspecified atom stereocenters. The Morgan fingerprint density at radius 3 is 2.61 bits per heavy atom. The van der Waals surface area contributed by atoms with E-state index in [1.54, 1.807) is 18.5 Å². The largest absolute Gasteiger partial charge is 0.465 e. The van der Waals surface area contributed by atoms with Crippen LogP contribution in [0.1, 0.15) is 10.4 Å². The minimum atomic E-state index is -0.370. The van der Waals surface area contributed by atoms with Gasteiger partial charge in [0.15, 0.2) is 0 Å². The summed E-state index contributed by atoms with van der Waals surface area (Å²) in [5.74, 6) is 0.935. The molecule has 3 heterocycles. The fourth-order valence-corrected chi connectivity index (χ4v) is 3.80. The van der Waals surface area contributed by atoms with Crippen LogP contribution in [0, 0.1) is 0 Å². The van der Waals surface area contributed by atoms with Gasteiger partial charge in [0.2, 0.25) is 5.95 Å². The van der Waals surface area contributed by atoms with E-state index in [1.165, 1.54) is 7.11 Å². The van der Waals surface area contributed by atoms with Gasteiger partial charge < -0.3 is 24.3 Å². The third kappa shape index (κ3) is 4.35. The molecule has 2 aromatic heterocycles. The molecule has 4 aromatic rings. The predicted octanol–water partition coefficient (Wildman–Crippen LogP) is 3.40. The molecule has 9 nitrogen and oxygen atoms in total. The number of benzene rings is 2. The van der Waals surface area contributed by atoms with Crippen molar-refractivity contribution >= 4 is 34.5 Å². The molecule has 5 rings (SSSR count). The standard InChI is InChI=1S/C24H24N6O3/c1-29-15-25-20-13-17(5-8-21(20)29)19-14-22(28-24(27-19)30-9-11-33-12-10-30)26-18-6-3-16(4-7-18)23(31)32-2/h3-8,13-15H,9-12H2,1-2H3,(H,26,27,28). The monoisotopic (exact) mass is 444 g/mol. The summed E-state index contributed by atoms with van der Waals surface area (Å²) in [5, 5.41) is 3.34. The van der Waals surface area contributed by atoms with Crippen LogP contribution in [-0.4, -0.2) is 58.9 Å². The number of anilines is 3. The second-order valence-electron chi connectivity index (χ2n) is 7.79. The molecule has 0 atom stereocenters. The molecule has 1 fully saturated rings. The first kappa shape index (κ1) is 20.9. The molecule has 0 radical (unpaired) electrons. The smallest absolute Gasteiger partial charge is 0.337 e. The number of imidazole rings is 1. The Kier molecular flexibility index (Phi) is 5.62. The quantitative estimate of drug-likeness (QED) is 0.468. The number of methoxy groups -OCH3 is 1. The minimum absolute atomic E-state index is 0.370. The molecule has 0 saturated carbocycles. The molecule has 0 bridgehead atoms. The Labute approximate surface area is 191 Å². The molecular weight excluding hydrogens is 420 g/mol. The van der Waals surface area contributed by atoms with E-state index in [9.17, 15) is 4.79 Å². The van der Waals surface area contributed by atoms with E-state index in [-0.39, 0.29) is 5.97 Å². The second kappa shape index (κ2) is 8.87. The summed E-state index contributed by atoms with van der Waals surface area (Å²) in [6, 6.07) is 15.1. The molecule has 9 heteroatoms. The lowest BCUT2D eigenvalue weighted by Crippen LogP contribution is -2.37. The maximum atomic E-state index is 11.7. The van der Waals surface area contributed by atoms with Crippen LogP contribution in [-0.2, 0) is 16.5 Å². The molecule has 0 spiro atoms. The van der Waals surface area contributed by atoms with Crippen molar-refractivity contribution in [2.75, 3.05) is 43.6 Å². The second-order valence-corrected chi connectivity index (χ2v) is 7.79. The first-order valence-corrected chi connectivity index (χ1v) is 10.7. The third-order valence-electron chi connectivity index (χ3n) is 5.61. The summed E-state index contributed by atoms with van der Waals surface area (Å²) in [6.07, 6.45) is 1.80. The van der Waals surface area contributed by atoms with Crippen LogP contribution in [0.2, 0.25) is 0 Å². The number of fused-ring (bicyclic) bond motifs is 1. The van der Waals surface area contributed by atoms with Crippen molar-refractivity contribution in [3.63, 3.8) is 0 Å². The summed E-state index contributed by atoms with van der Waals surface area (Å²) < 4.78 is 12.3. The number of hydrogen-bond donors (Lipinski definition) is 1. The normalized spacial score (nSPS) is 13.8. The van der Waals surface area contributed by atoms with Crippen LogP contribution >= 0.6 is 0 Å². The molecule has 0 aliphatic carbocycles. The highest BCUT2D eigenvalue weighted by Gasteiger charge is 2.17. The van der Waals surface area contributed by atoms with Gasteiger partial charge in [0.25, 0.3) is 0 Å². The summed E-state index contributed by atoms with van der Waals surface area (Å²) >= 11 is 0. The fourth-order valence-electron chi connectivity index (χ4n) is 3.80. The number of nitrogens with zero attached hydrogens (tertiary/aromatic N) is 5. The SMILES string of the molecule is COC(=O)c1ccc(Nc2cc(-c3ccc4c(c3)ncn4C)nc(N3CCOCC3)n2)cc1. The predicted molar refractivity (Wildman–Crippen MR) is 126 cm³/mol. The number of rotatable bonds is 5. The molecular formula is C24H24N6O3. The number of nitrogens with one attached hydrogen (secondary N) is 1. The number of carbonyl (C=O) groups is 1. The van der Waals surface area contributed by atoms with Gasteiger partial charge in [-0.3, -0.25) is 0 Å². The van der Waals surface area contributed by atoms with E-state index >= 15 is 0 Å². The Hall–Kier alpha value is -3.98. The van der Waals surface area contributed by atoms with E-state index < -0.39 is 0 Å². The number of ether oxygens (including phenoxy) is 2. The number of morpholine rings is 1. The van der Waals surface area contributed by atoms with Gasteiger partial charge in [-0.2, -0.15) is 4.98 Å². The van der Waals surface area contributed by atoms with Crippen molar-refractivity contribution < 1.29 is 14.3 Å². The highest BCUT2D eigenvalue weighted by Crippen LogP contribution is 2.27. The molecule has 1 aliphatic heterocycles. The van der Waals surface area contributed by atoms with Crippen LogP contribution in [0.15, 0.2) is 54.9 Å². The van der Waals surface area contributed by atoms with Gasteiger partial charge in [-0.25, -0.2) is 14.8 Å². The van der Waals surface area contributed by atoms with Gasteiger partial charge in [-0.1, -0.05) is 6.07 Å². The Morgan fingerprint density at radius 2 is 1.85 bits per heavy atom. The van der Waals surface area contributed by atoms with Crippen LogP contribution in [0.25, 0.3) is 22.3 Å².